The van der Waals surface area contributed by atoms with Crippen LogP contribution in [-0.2, 0) is 4.74 Å². The standard InChI is InChI=1S/C12H18O2/c1-12(2,14-10-13)9-8-11-6-4-3-5-7-11/h6,13H,3-5,7,10H2,1-2H3. The van der Waals surface area contributed by atoms with Crippen molar-refractivity contribution in [2.75, 3.05) is 6.79 Å². The Kier molecular flexibility index (Phi) is 4.19. The Bertz CT molecular complexity index is 266. The molecule has 0 spiro atoms. The van der Waals surface area contributed by atoms with E-state index in [0.717, 1.165) is 12.8 Å². The van der Waals surface area contributed by atoms with Gasteiger partial charge in [-0.25, -0.2) is 0 Å². The van der Waals surface area contributed by atoms with Crippen LogP contribution in [0.25, 0.3) is 0 Å². The smallest absolute Gasteiger partial charge is 0.145 e. The number of allylic oxidation sites excluding steroid dienone is 2. The molecule has 78 valence electrons. The summed E-state index contributed by atoms with van der Waals surface area (Å²) >= 11 is 0. The molecule has 1 rings (SSSR count). The fraction of sp³-hybridized carbons (Fsp3) is 0.667. The number of aliphatic hydroxyl groups excluding tert-OH is 1. The molecule has 0 aromatic rings. The SMILES string of the molecule is CC(C)(C#CC1=CCCCC1)OCO. The molecular weight excluding hydrogens is 176 g/mol. The van der Waals surface area contributed by atoms with Crippen LogP contribution in [-0.4, -0.2) is 17.5 Å². The summed E-state index contributed by atoms with van der Waals surface area (Å²) in [5, 5.41) is 8.63. The van der Waals surface area contributed by atoms with Gasteiger partial charge in [-0.15, -0.1) is 0 Å². The lowest BCUT2D eigenvalue weighted by Gasteiger charge is -2.16. The molecule has 0 bridgehead atoms. The summed E-state index contributed by atoms with van der Waals surface area (Å²) in [5.41, 5.74) is 0.665. The number of rotatable bonds is 2. The van der Waals surface area contributed by atoms with Gasteiger partial charge in [0.2, 0.25) is 0 Å². The van der Waals surface area contributed by atoms with Crippen LogP contribution in [0.2, 0.25) is 0 Å². The van der Waals surface area contributed by atoms with E-state index in [9.17, 15) is 0 Å². The van der Waals surface area contributed by atoms with E-state index in [-0.39, 0.29) is 6.79 Å². The highest BCUT2D eigenvalue weighted by atomic mass is 16.6. The van der Waals surface area contributed by atoms with Crippen molar-refractivity contribution in [3.8, 4) is 11.8 Å². The first-order valence-corrected chi connectivity index (χ1v) is 5.11. The van der Waals surface area contributed by atoms with Crippen LogP contribution in [0.4, 0.5) is 0 Å². The van der Waals surface area contributed by atoms with Crippen LogP contribution in [0.1, 0.15) is 39.5 Å². The minimum atomic E-state index is -0.549. The molecule has 0 unspecified atom stereocenters. The molecule has 0 aliphatic heterocycles. The van der Waals surface area contributed by atoms with E-state index in [1.165, 1.54) is 18.4 Å². The third-order valence-electron chi connectivity index (χ3n) is 2.24. The Morgan fingerprint density at radius 1 is 1.50 bits per heavy atom. The lowest BCUT2D eigenvalue weighted by molar-refractivity contribution is -0.0681. The van der Waals surface area contributed by atoms with Gasteiger partial charge in [0.1, 0.15) is 12.4 Å². The molecule has 0 atom stereocenters. The Morgan fingerprint density at radius 3 is 2.86 bits per heavy atom. The number of aliphatic hydroxyl groups is 1. The van der Waals surface area contributed by atoms with Crippen LogP contribution >= 0.6 is 0 Å². The van der Waals surface area contributed by atoms with Crippen molar-refractivity contribution < 1.29 is 9.84 Å². The summed E-state index contributed by atoms with van der Waals surface area (Å²) in [7, 11) is 0. The Morgan fingerprint density at radius 2 is 2.29 bits per heavy atom. The average Bonchev–Trinajstić information content (AvgIpc) is 2.17. The minimum Gasteiger partial charge on any atom is -0.371 e. The maximum absolute atomic E-state index is 8.63. The molecule has 0 heterocycles. The average molecular weight is 194 g/mol. The summed E-state index contributed by atoms with van der Waals surface area (Å²) in [5.74, 6) is 6.15. The van der Waals surface area contributed by atoms with E-state index in [0.29, 0.717) is 0 Å². The van der Waals surface area contributed by atoms with Crippen LogP contribution in [0.5, 0.6) is 0 Å². The molecular formula is C12H18O2. The maximum Gasteiger partial charge on any atom is 0.145 e. The molecule has 0 saturated heterocycles. The quantitative estimate of drug-likeness (QED) is 0.539. The van der Waals surface area contributed by atoms with E-state index < -0.39 is 5.60 Å². The molecule has 1 aliphatic rings. The van der Waals surface area contributed by atoms with Crippen molar-refractivity contribution in [3.05, 3.63) is 11.6 Å². The normalized spacial score (nSPS) is 16.9. The summed E-state index contributed by atoms with van der Waals surface area (Å²) in [6.07, 6.45) is 6.95. The largest absolute Gasteiger partial charge is 0.371 e. The van der Waals surface area contributed by atoms with Crippen molar-refractivity contribution in [2.24, 2.45) is 0 Å². The summed E-state index contributed by atoms with van der Waals surface area (Å²) in [6, 6.07) is 0. The van der Waals surface area contributed by atoms with Gasteiger partial charge in [-0.3, -0.25) is 0 Å². The molecule has 1 aliphatic carbocycles. The van der Waals surface area contributed by atoms with E-state index in [1.807, 2.05) is 13.8 Å². The van der Waals surface area contributed by atoms with Gasteiger partial charge in [0.05, 0.1) is 0 Å². The van der Waals surface area contributed by atoms with Gasteiger partial charge in [0, 0.05) is 0 Å². The van der Waals surface area contributed by atoms with Crippen molar-refractivity contribution >= 4 is 0 Å². The number of hydrogen-bond acceptors (Lipinski definition) is 2. The lowest BCUT2D eigenvalue weighted by Crippen LogP contribution is -2.22. The summed E-state index contributed by atoms with van der Waals surface area (Å²) in [4.78, 5) is 0. The lowest BCUT2D eigenvalue weighted by atomic mass is 9.99. The molecule has 0 amide bonds. The molecule has 14 heavy (non-hydrogen) atoms. The zero-order valence-electron chi connectivity index (χ0n) is 8.97. The van der Waals surface area contributed by atoms with Gasteiger partial charge in [0.25, 0.3) is 0 Å². The van der Waals surface area contributed by atoms with E-state index in [4.69, 9.17) is 9.84 Å². The van der Waals surface area contributed by atoms with Crippen molar-refractivity contribution in [2.45, 2.75) is 45.1 Å². The van der Waals surface area contributed by atoms with Gasteiger partial charge < -0.3 is 9.84 Å². The summed E-state index contributed by atoms with van der Waals surface area (Å²) in [6.45, 7) is 3.44. The fourth-order valence-corrected chi connectivity index (χ4v) is 1.38. The Balaban J connectivity index is 2.56. The zero-order valence-corrected chi connectivity index (χ0v) is 8.97. The number of ether oxygens (including phenoxy) is 1. The summed E-state index contributed by atoms with van der Waals surface area (Å²) < 4.78 is 5.08. The highest BCUT2D eigenvalue weighted by molar-refractivity contribution is 5.32. The molecule has 0 aromatic heterocycles. The molecule has 0 aromatic carbocycles. The second-order valence-corrected chi connectivity index (χ2v) is 4.01. The van der Waals surface area contributed by atoms with Crippen LogP contribution in [0.15, 0.2) is 11.6 Å². The van der Waals surface area contributed by atoms with E-state index in [1.54, 1.807) is 0 Å². The first kappa shape index (κ1) is 11.3. The number of hydrogen-bond donors (Lipinski definition) is 1. The van der Waals surface area contributed by atoms with Crippen LogP contribution < -0.4 is 0 Å². The third-order valence-corrected chi connectivity index (χ3v) is 2.24. The van der Waals surface area contributed by atoms with Crippen molar-refractivity contribution in [3.63, 3.8) is 0 Å². The van der Waals surface area contributed by atoms with Gasteiger partial charge in [-0.2, -0.15) is 0 Å². The zero-order chi connectivity index (χ0) is 10.4. The van der Waals surface area contributed by atoms with E-state index in [2.05, 4.69) is 17.9 Å². The molecule has 0 fully saturated rings. The van der Waals surface area contributed by atoms with Gasteiger partial charge in [-0.05, 0) is 45.1 Å². The predicted octanol–water partition coefficient (Wildman–Crippen LogP) is 2.24. The van der Waals surface area contributed by atoms with Crippen molar-refractivity contribution in [1.82, 2.24) is 0 Å². The molecule has 0 saturated carbocycles. The topological polar surface area (TPSA) is 29.5 Å². The van der Waals surface area contributed by atoms with Gasteiger partial charge >= 0.3 is 0 Å². The fourth-order valence-electron chi connectivity index (χ4n) is 1.38. The second-order valence-electron chi connectivity index (χ2n) is 4.01. The van der Waals surface area contributed by atoms with Crippen LogP contribution in [0.3, 0.4) is 0 Å². The first-order chi connectivity index (χ1) is 6.64. The maximum atomic E-state index is 8.63. The third kappa shape index (κ3) is 3.95. The highest BCUT2D eigenvalue weighted by Gasteiger charge is 2.13. The molecule has 0 radical (unpaired) electrons. The predicted molar refractivity (Wildman–Crippen MR) is 56.6 cm³/mol. The molecule has 1 N–H and O–H groups in total. The van der Waals surface area contributed by atoms with Crippen LogP contribution in [0, 0.1) is 11.8 Å². The highest BCUT2D eigenvalue weighted by Crippen LogP contribution is 2.17. The molecule has 2 nitrogen and oxygen atoms in total. The second kappa shape index (κ2) is 5.19. The minimum absolute atomic E-state index is 0.277. The first-order valence-electron chi connectivity index (χ1n) is 5.11. The molecule has 2 heteroatoms. The monoisotopic (exact) mass is 194 g/mol. The van der Waals surface area contributed by atoms with Gasteiger partial charge in [0.15, 0.2) is 0 Å². The van der Waals surface area contributed by atoms with E-state index >= 15 is 0 Å². The van der Waals surface area contributed by atoms with Gasteiger partial charge in [-0.1, -0.05) is 17.9 Å². The Hall–Kier alpha value is -0.780. The Labute approximate surface area is 86.0 Å². The van der Waals surface area contributed by atoms with Crippen molar-refractivity contribution in [1.29, 1.82) is 0 Å².